The summed E-state index contributed by atoms with van der Waals surface area (Å²) < 4.78 is 37.1. The molecule has 1 aromatic heterocycles. The van der Waals surface area contributed by atoms with E-state index in [1.807, 2.05) is 68.4 Å². The van der Waals surface area contributed by atoms with Gasteiger partial charge in [0.25, 0.3) is 10.1 Å². The quantitative estimate of drug-likeness (QED) is 0.0981. The summed E-state index contributed by atoms with van der Waals surface area (Å²) in [5.74, 6) is 1.24. The Morgan fingerprint density at radius 3 is 1.79 bits per heavy atom. The molecule has 2 heterocycles. The van der Waals surface area contributed by atoms with Crippen LogP contribution in [-0.4, -0.2) is 54.2 Å². The molecule has 0 spiro atoms. The molecule has 14 nitrogen and oxygen atoms in total. The van der Waals surface area contributed by atoms with Crippen LogP contribution in [0.4, 0.5) is 52.0 Å². The number of rotatable bonds is 10. The lowest BCUT2D eigenvalue weighted by Gasteiger charge is -2.27. The molecule has 0 unspecified atom stereocenters. The standard InChI is InChI=1S/C33H32N10O4S/c1-22-3-5-25(6-4-22)41-42-28-13-16-30(23(2)21-28)35-32-36-31(37-33(38-32)43-17-19-47-20-18-43)34-24-7-9-26(10-8-24)39-40-27-11-14-29(15-12-27)48(44,45)46/h3-16,21H,17-20H2,1-2H3,(H,44,45,46)(H2,34,35,36,37,38). The summed E-state index contributed by atoms with van der Waals surface area (Å²) in [7, 11) is -4.27. The van der Waals surface area contributed by atoms with Gasteiger partial charge in [0.15, 0.2) is 0 Å². The first-order valence-electron chi connectivity index (χ1n) is 15.0. The van der Waals surface area contributed by atoms with Crippen molar-refractivity contribution >= 4 is 62.1 Å². The van der Waals surface area contributed by atoms with Crippen molar-refractivity contribution in [2.24, 2.45) is 20.5 Å². The van der Waals surface area contributed by atoms with Gasteiger partial charge in [-0.15, -0.1) is 0 Å². The topological polar surface area (TPSA) is 179 Å². The molecule has 0 atom stereocenters. The molecule has 0 bridgehead atoms. The van der Waals surface area contributed by atoms with E-state index in [0.29, 0.717) is 55.5 Å². The molecule has 1 aliphatic heterocycles. The van der Waals surface area contributed by atoms with E-state index in [-0.39, 0.29) is 4.90 Å². The van der Waals surface area contributed by atoms with Gasteiger partial charge in [0.05, 0.1) is 40.9 Å². The third kappa shape index (κ3) is 8.58. The van der Waals surface area contributed by atoms with Gasteiger partial charge in [-0.3, -0.25) is 4.55 Å². The van der Waals surface area contributed by atoms with Gasteiger partial charge in [-0.1, -0.05) is 17.7 Å². The average Bonchev–Trinajstić information content (AvgIpc) is 3.09. The summed E-state index contributed by atoms with van der Waals surface area (Å²) in [5, 5.41) is 23.6. The molecule has 244 valence electrons. The summed E-state index contributed by atoms with van der Waals surface area (Å²) in [6, 6.07) is 26.2. The molecular formula is C33H32N10O4S. The predicted molar refractivity (Wildman–Crippen MR) is 183 cm³/mol. The molecular weight excluding hydrogens is 632 g/mol. The maximum Gasteiger partial charge on any atom is 0.294 e. The molecule has 0 aliphatic carbocycles. The number of anilines is 5. The van der Waals surface area contributed by atoms with Gasteiger partial charge in [-0.05, 0) is 98.3 Å². The van der Waals surface area contributed by atoms with E-state index in [4.69, 9.17) is 14.3 Å². The maximum absolute atomic E-state index is 11.2. The molecule has 0 radical (unpaired) electrons. The average molecular weight is 665 g/mol. The van der Waals surface area contributed by atoms with Crippen LogP contribution in [0.15, 0.2) is 116 Å². The zero-order valence-electron chi connectivity index (χ0n) is 26.1. The number of hydrogen-bond donors (Lipinski definition) is 3. The number of benzene rings is 4. The van der Waals surface area contributed by atoms with Crippen LogP contribution in [0.3, 0.4) is 0 Å². The first-order chi connectivity index (χ1) is 23.2. The lowest BCUT2D eigenvalue weighted by molar-refractivity contribution is 0.122. The third-order valence-electron chi connectivity index (χ3n) is 7.23. The van der Waals surface area contributed by atoms with Gasteiger partial charge in [0.1, 0.15) is 0 Å². The minimum absolute atomic E-state index is 0.213. The molecule has 1 saturated heterocycles. The highest BCUT2D eigenvalue weighted by Gasteiger charge is 2.17. The Morgan fingerprint density at radius 1 is 0.688 bits per heavy atom. The Balaban J connectivity index is 1.18. The Bertz CT molecular complexity index is 2050. The fourth-order valence-corrected chi connectivity index (χ4v) is 5.10. The van der Waals surface area contributed by atoms with Crippen LogP contribution in [-0.2, 0) is 14.9 Å². The smallest absolute Gasteiger partial charge is 0.294 e. The van der Waals surface area contributed by atoms with Gasteiger partial charge < -0.3 is 20.3 Å². The van der Waals surface area contributed by atoms with E-state index in [1.165, 1.54) is 24.3 Å². The van der Waals surface area contributed by atoms with E-state index in [1.54, 1.807) is 12.1 Å². The SMILES string of the molecule is Cc1ccc(N=Nc2ccc(Nc3nc(Nc4ccc(N=Nc5ccc(S(=O)(=O)O)cc5)cc4)nc(N4CCOCC4)n3)c(C)c2)cc1. The van der Waals surface area contributed by atoms with E-state index < -0.39 is 10.1 Å². The molecule has 3 N–H and O–H groups in total. The van der Waals surface area contributed by atoms with Crippen molar-refractivity contribution in [2.75, 3.05) is 41.8 Å². The highest BCUT2D eigenvalue weighted by molar-refractivity contribution is 7.85. The van der Waals surface area contributed by atoms with Crippen LogP contribution in [0.2, 0.25) is 0 Å². The highest BCUT2D eigenvalue weighted by Crippen LogP contribution is 2.28. The first kappa shape index (κ1) is 32.3. The molecule has 4 aromatic carbocycles. The minimum atomic E-state index is -4.27. The Hall–Kier alpha value is -5.64. The normalized spacial score (nSPS) is 13.7. The minimum Gasteiger partial charge on any atom is -0.378 e. The summed E-state index contributed by atoms with van der Waals surface area (Å²) >= 11 is 0. The van der Waals surface area contributed by atoms with Gasteiger partial charge in [0.2, 0.25) is 17.8 Å². The van der Waals surface area contributed by atoms with Crippen LogP contribution in [0.1, 0.15) is 11.1 Å². The summed E-state index contributed by atoms with van der Waals surface area (Å²) in [6.07, 6.45) is 0. The van der Waals surface area contributed by atoms with Crippen molar-refractivity contribution in [3.8, 4) is 0 Å². The maximum atomic E-state index is 11.2. The molecule has 1 aliphatic rings. The number of ether oxygens (including phenoxy) is 1. The second kappa shape index (κ2) is 14.4. The number of morpholine rings is 1. The van der Waals surface area contributed by atoms with Crippen LogP contribution in [0.25, 0.3) is 0 Å². The molecule has 1 fully saturated rings. The predicted octanol–water partition coefficient (Wildman–Crippen LogP) is 7.89. The lowest BCUT2D eigenvalue weighted by atomic mass is 10.2. The van der Waals surface area contributed by atoms with E-state index in [0.717, 1.165) is 33.9 Å². The van der Waals surface area contributed by atoms with Crippen molar-refractivity contribution in [3.05, 3.63) is 102 Å². The molecule has 48 heavy (non-hydrogen) atoms. The number of aromatic nitrogens is 3. The molecule has 6 rings (SSSR count). The van der Waals surface area contributed by atoms with Crippen LogP contribution >= 0.6 is 0 Å². The zero-order chi connectivity index (χ0) is 33.5. The Morgan fingerprint density at radius 2 is 1.21 bits per heavy atom. The third-order valence-corrected chi connectivity index (χ3v) is 8.10. The Labute approximate surface area is 277 Å². The van der Waals surface area contributed by atoms with Crippen molar-refractivity contribution < 1.29 is 17.7 Å². The summed E-state index contributed by atoms with van der Waals surface area (Å²) in [6.45, 7) is 6.47. The number of azo groups is 2. The number of nitrogens with one attached hydrogen (secondary N) is 2. The van der Waals surface area contributed by atoms with E-state index >= 15 is 0 Å². The van der Waals surface area contributed by atoms with Crippen molar-refractivity contribution in [1.82, 2.24) is 15.0 Å². The molecule has 15 heteroatoms. The Kier molecular flexibility index (Phi) is 9.70. The van der Waals surface area contributed by atoms with Gasteiger partial charge in [-0.2, -0.15) is 43.8 Å². The van der Waals surface area contributed by atoms with E-state index in [9.17, 15) is 8.42 Å². The van der Waals surface area contributed by atoms with Crippen molar-refractivity contribution in [1.29, 1.82) is 0 Å². The first-order valence-corrected chi connectivity index (χ1v) is 16.4. The van der Waals surface area contributed by atoms with Crippen LogP contribution in [0.5, 0.6) is 0 Å². The summed E-state index contributed by atoms with van der Waals surface area (Å²) in [4.78, 5) is 15.9. The monoisotopic (exact) mass is 664 g/mol. The second-order valence-corrected chi connectivity index (χ2v) is 12.3. The fourth-order valence-electron chi connectivity index (χ4n) is 4.62. The highest BCUT2D eigenvalue weighted by atomic mass is 32.2. The van der Waals surface area contributed by atoms with Crippen LogP contribution in [0, 0.1) is 13.8 Å². The second-order valence-electron chi connectivity index (χ2n) is 10.9. The zero-order valence-corrected chi connectivity index (χ0v) is 27.0. The van der Waals surface area contributed by atoms with Gasteiger partial charge in [0, 0.05) is 24.5 Å². The van der Waals surface area contributed by atoms with Gasteiger partial charge in [-0.25, -0.2) is 0 Å². The van der Waals surface area contributed by atoms with Crippen LogP contribution < -0.4 is 15.5 Å². The largest absolute Gasteiger partial charge is 0.378 e. The van der Waals surface area contributed by atoms with Gasteiger partial charge >= 0.3 is 0 Å². The van der Waals surface area contributed by atoms with E-state index in [2.05, 4.69) is 46.0 Å². The fraction of sp³-hybridized carbons (Fsp3) is 0.182. The molecule has 5 aromatic rings. The van der Waals surface area contributed by atoms with Crippen molar-refractivity contribution in [3.63, 3.8) is 0 Å². The molecule has 0 amide bonds. The number of nitrogens with zero attached hydrogens (tertiary/aromatic N) is 8. The molecule has 0 saturated carbocycles. The lowest BCUT2D eigenvalue weighted by Crippen LogP contribution is -2.37. The van der Waals surface area contributed by atoms with Crippen molar-refractivity contribution in [2.45, 2.75) is 18.7 Å². The summed E-state index contributed by atoms with van der Waals surface area (Å²) in [5.41, 5.74) is 6.16. The number of hydrogen-bond acceptors (Lipinski definition) is 13. The number of aryl methyl sites for hydroxylation is 2.